The molecule has 0 saturated carbocycles. The Morgan fingerprint density at radius 3 is 2.27 bits per heavy atom. The maximum absolute atomic E-state index is 13.5. The molecule has 3 amide bonds. The number of carbonyl (C=O) groups is 3. The highest BCUT2D eigenvalue weighted by molar-refractivity contribution is 8.00. The molecule has 4 aromatic carbocycles. The molecule has 0 spiro atoms. The first-order valence-corrected chi connectivity index (χ1v) is 15.9. The smallest absolute Gasteiger partial charge is 0.272 e. The lowest BCUT2D eigenvalue weighted by atomic mass is 10.0. The number of thiazole rings is 1. The molecule has 44 heavy (non-hydrogen) atoms. The number of hydrogen-bond donors (Lipinski definition) is 3. The van der Waals surface area contributed by atoms with Crippen molar-refractivity contribution in [1.29, 1.82) is 0 Å². The van der Waals surface area contributed by atoms with Gasteiger partial charge in [0, 0.05) is 16.1 Å². The maximum atomic E-state index is 13.5. The summed E-state index contributed by atoms with van der Waals surface area (Å²) in [4.78, 5) is 44.7. The van der Waals surface area contributed by atoms with Gasteiger partial charge < -0.3 is 16.0 Å². The molecule has 0 aliphatic carbocycles. The van der Waals surface area contributed by atoms with Crippen LogP contribution in [-0.4, -0.2) is 28.0 Å². The van der Waals surface area contributed by atoms with E-state index in [0.717, 1.165) is 20.7 Å². The molecule has 1 unspecified atom stereocenters. The van der Waals surface area contributed by atoms with Crippen molar-refractivity contribution in [3.63, 3.8) is 0 Å². The van der Waals surface area contributed by atoms with E-state index in [4.69, 9.17) is 0 Å². The number of nitrogens with zero attached hydrogens (tertiary/aromatic N) is 1. The second kappa shape index (κ2) is 14.2. The topological polar surface area (TPSA) is 100 Å². The zero-order chi connectivity index (χ0) is 31.1. The first kappa shape index (κ1) is 30.7. The van der Waals surface area contributed by atoms with E-state index in [-0.39, 0.29) is 17.5 Å². The summed E-state index contributed by atoms with van der Waals surface area (Å²) in [7, 11) is 0. The predicted octanol–water partition coefficient (Wildman–Crippen LogP) is 7.95. The lowest BCUT2D eigenvalue weighted by Gasteiger charge is -2.14. The van der Waals surface area contributed by atoms with E-state index >= 15 is 0 Å². The van der Waals surface area contributed by atoms with E-state index < -0.39 is 11.2 Å². The molecular weight excluding hydrogens is 589 g/mol. The van der Waals surface area contributed by atoms with Gasteiger partial charge in [0.25, 0.3) is 11.8 Å². The summed E-state index contributed by atoms with van der Waals surface area (Å²) in [6.45, 7) is 6.06. The molecule has 5 rings (SSSR count). The molecule has 1 heterocycles. The van der Waals surface area contributed by atoms with Crippen molar-refractivity contribution in [2.45, 2.75) is 36.8 Å². The standard InChI is InChI=1S/C35H32N4O3S2/c1-22(2)25-18-16-24(17-19-25)20-30(37-33(41)26-10-5-4-6-11-26)34(42)36-27-12-9-13-28(21-27)43-23(3)32(40)39-35-38-29-14-7-8-15-31(29)44-35/h4-23H,1-3H3,(H,36,42)(H,37,41)(H,38,39,40)/b30-20+. The van der Waals surface area contributed by atoms with Gasteiger partial charge in [-0.3, -0.25) is 14.4 Å². The number of nitrogens with one attached hydrogen (secondary N) is 3. The number of anilines is 2. The van der Waals surface area contributed by atoms with Gasteiger partial charge in [-0.1, -0.05) is 85.8 Å². The number of rotatable bonds is 10. The van der Waals surface area contributed by atoms with Gasteiger partial charge in [0.2, 0.25) is 5.91 Å². The van der Waals surface area contributed by atoms with Crippen molar-refractivity contribution in [3.8, 4) is 0 Å². The van der Waals surface area contributed by atoms with E-state index in [2.05, 4.69) is 34.8 Å². The Morgan fingerprint density at radius 2 is 1.55 bits per heavy atom. The maximum Gasteiger partial charge on any atom is 0.272 e. The van der Waals surface area contributed by atoms with E-state index in [0.29, 0.717) is 22.3 Å². The monoisotopic (exact) mass is 620 g/mol. The Hall–Kier alpha value is -4.73. The van der Waals surface area contributed by atoms with E-state index in [1.807, 2.05) is 73.7 Å². The van der Waals surface area contributed by atoms with E-state index in [1.165, 1.54) is 28.7 Å². The highest BCUT2D eigenvalue weighted by atomic mass is 32.2. The summed E-state index contributed by atoms with van der Waals surface area (Å²) in [5.74, 6) is -0.644. The molecule has 0 radical (unpaired) electrons. The number of amides is 3. The van der Waals surface area contributed by atoms with Gasteiger partial charge in [-0.2, -0.15) is 0 Å². The fourth-order valence-electron chi connectivity index (χ4n) is 4.32. The van der Waals surface area contributed by atoms with Crippen LogP contribution in [0.5, 0.6) is 0 Å². The van der Waals surface area contributed by atoms with Crippen LogP contribution in [0.3, 0.4) is 0 Å². The van der Waals surface area contributed by atoms with Crippen LogP contribution in [0.15, 0.2) is 114 Å². The normalized spacial score (nSPS) is 12.1. The van der Waals surface area contributed by atoms with Crippen LogP contribution in [-0.2, 0) is 9.59 Å². The van der Waals surface area contributed by atoms with Gasteiger partial charge in [-0.25, -0.2) is 4.98 Å². The number of para-hydroxylation sites is 1. The van der Waals surface area contributed by atoms with Crippen LogP contribution >= 0.6 is 23.1 Å². The van der Waals surface area contributed by atoms with Crippen molar-refractivity contribution in [2.24, 2.45) is 0 Å². The van der Waals surface area contributed by atoms with Gasteiger partial charge in [-0.15, -0.1) is 11.8 Å². The summed E-state index contributed by atoms with van der Waals surface area (Å²) in [5, 5.41) is 8.73. The Balaban J connectivity index is 1.29. The third-order valence-corrected chi connectivity index (χ3v) is 8.79. The number of carbonyl (C=O) groups excluding carboxylic acids is 3. The number of hydrogen-bond acceptors (Lipinski definition) is 6. The van der Waals surface area contributed by atoms with Crippen molar-refractivity contribution >= 4 is 67.9 Å². The fraction of sp³-hybridized carbons (Fsp3) is 0.143. The summed E-state index contributed by atoms with van der Waals surface area (Å²) in [6, 6.07) is 31.6. The molecule has 0 aliphatic rings. The minimum atomic E-state index is -0.467. The first-order chi connectivity index (χ1) is 21.2. The quantitative estimate of drug-likeness (QED) is 0.109. The summed E-state index contributed by atoms with van der Waals surface area (Å²) in [5.41, 5.74) is 3.89. The number of thioether (sulfide) groups is 1. The highest BCUT2D eigenvalue weighted by Crippen LogP contribution is 2.29. The zero-order valence-corrected chi connectivity index (χ0v) is 26.2. The number of benzene rings is 4. The second-order valence-corrected chi connectivity index (χ2v) is 12.9. The van der Waals surface area contributed by atoms with Crippen molar-refractivity contribution in [1.82, 2.24) is 10.3 Å². The van der Waals surface area contributed by atoms with Crippen LogP contribution in [0.2, 0.25) is 0 Å². The number of fused-ring (bicyclic) bond motifs is 1. The Kier molecular flexibility index (Phi) is 9.89. The minimum absolute atomic E-state index is 0.109. The van der Waals surface area contributed by atoms with E-state index in [1.54, 1.807) is 42.5 Å². The van der Waals surface area contributed by atoms with Gasteiger partial charge in [0.15, 0.2) is 5.13 Å². The zero-order valence-electron chi connectivity index (χ0n) is 24.5. The molecule has 1 aromatic heterocycles. The summed E-state index contributed by atoms with van der Waals surface area (Å²) >= 11 is 2.80. The van der Waals surface area contributed by atoms with Gasteiger partial charge in [0.1, 0.15) is 5.70 Å². The van der Waals surface area contributed by atoms with Crippen LogP contribution in [0.1, 0.15) is 48.2 Å². The molecule has 0 aliphatic heterocycles. The van der Waals surface area contributed by atoms with Crippen molar-refractivity contribution in [3.05, 3.63) is 126 Å². The van der Waals surface area contributed by atoms with Crippen LogP contribution in [0, 0.1) is 0 Å². The van der Waals surface area contributed by atoms with Crippen LogP contribution < -0.4 is 16.0 Å². The third-order valence-electron chi connectivity index (χ3n) is 6.74. The first-order valence-electron chi connectivity index (χ1n) is 14.2. The Labute approximate surface area is 264 Å². The Morgan fingerprint density at radius 1 is 0.818 bits per heavy atom. The largest absolute Gasteiger partial charge is 0.321 e. The molecule has 3 N–H and O–H groups in total. The van der Waals surface area contributed by atoms with Crippen molar-refractivity contribution < 1.29 is 14.4 Å². The molecule has 0 bridgehead atoms. The molecular formula is C35H32N4O3S2. The van der Waals surface area contributed by atoms with Gasteiger partial charge in [-0.05, 0) is 72.5 Å². The highest BCUT2D eigenvalue weighted by Gasteiger charge is 2.18. The number of aromatic nitrogens is 1. The van der Waals surface area contributed by atoms with Crippen LogP contribution in [0.25, 0.3) is 16.3 Å². The van der Waals surface area contributed by atoms with Crippen LogP contribution in [0.4, 0.5) is 10.8 Å². The van der Waals surface area contributed by atoms with Crippen molar-refractivity contribution in [2.75, 3.05) is 10.6 Å². The average molecular weight is 621 g/mol. The average Bonchev–Trinajstić information content (AvgIpc) is 3.44. The molecule has 222 valence electrons. The summed E-state index contributed by atoms with van der Waals surface area (Å²) < 4.78 is 1.01. The molecule has 7 nitrogen and oxygen atoms in total. The molecule has 9 heteroatoms. The predicted molar refractivity (Wildman–Crippen MR) is 181 cm³/mol. The minimum Gasteiger partial charge on any atom is -0.321 e. The summed E-state index contributed by atoms with van der Waals surface area (Å²) in [6.07, 6.45) is 1.66. The molecule has 0 fully saturated rings. The second-order valence-electron chi connectivity index (χ2n) is 10.4. The Bertz CT molecular complexity index is 1780. The fourth-order valence-corrected chi connectivity index (χ4v) is 6.12. The molecule has 0 saturated heterocycles. The SMILES string of the molecule is CC(Sc1cccc(NC(=O)/C(=C\c2ccc(C(C)C)cc2)NC(=O)c2ccccc2)c1)C(=O)Nc1nc2ccccc2s1. The lowest BCUT2D eigenvalue weighted by Crippen LogP contribution is -2.30. The molecule has 5 aromatic rings. The lowest BCUT2D eigenvalue weighted by molar-refractivity contribution is -0.115. The van der Waals surface area contributed by atoms with E-state index in [9.17, 15) is 14.4 Å². The van der Waals surface area contributed by atoms with Gasteiger partial charge >= 0.3 is 0 Å². The molecule has 1 atom stereocenters. The third kappa shape index (κ3) is 8.00. The van der Waals surface area contributed by atoms with Gasteiger partial charge in [0.05, 0.1) is 15.5 Å².